The van der Waals surface area contributed by atoms with Crippen LogP contribution in [-0.4, -0.2) is 6.04 Å². The molecule has 0 aliphatic heterocycles. The van der Waals surface area contributed by atoms with E-state index in [-0.39, 0.29) is 0 Å². The fourth-order valence-corrected chi connectivity index (χ4v) is 2.61. The van der Waals surface area contributed by atoms with Crippen molar-refractivity contribution in [2.75, 3.05) is 0 Å². The van der Waals surface area contributed by atoms with E-state index >= 15 is 0 Å². The minimum atomic E-state index is 0.346. The van der Waals surface area contributed by atoms with Gasteiger partial charge >= 0.3 is 0 Å². The van der Waals surface area contributed by atoms with E-state index in [1.54, 1.807) is 0 Å². The van der Waals surface area contributed by atoms with Crippen molar-refractivity contribution in [3.05, 3.63) is 35.4 Å². The summed E-state index contributed by atoms with van der Waals surface area (Å²) < 4.78 is 0. The lowest BCUT2D eigenvalue weighted by atomic mass is 9.72. The van der Waals surface area contributed by atoms with Crippen LogP contribution in [-0.2, 0) is 6.42 Å². The maximum atomic E-state index is 6.29. The fourth-order valence-electron chi connectivity index (χ4n) is 2.61. The summed E-state index contributed by atoms with van der Waals surface area (Å²) >= 11 is 0. The van der Waals surface area contributed by atoms with E-state index in [2.05, 4.69) is 45.0 Å². The van der Waals surface area contributed by atoms with Crippen LogP contribution in [0.25, 0.3) is 0 Å². The summed E-state index contributed by atoms with van der Waals surface area (Å²) in [5, 5.41) is 0. The van der Waals surface area contributed by atoms with Gasteiger partial charge in [-0.3, -0.25) is 0 Å². The van der Waals surface area contributed by atoms with Gasteiger partial charge in [-0.25, -0.2) is 0 Å². The van der Waals surface area contributed by atoms with Crippen molar-refractivity contribution in [1.29, 1.82) is 0 Å². The van der Waals surface area contributed by atoms with Crippen LogP contribution in [0.5, 0.6) is 0 Å². The largest absolute Gasteiger partial charge is 0.327 e. The summed E-state index contributed by atoms with van der Waals surface area (Å²) in [6, 6.07) is 9.12. The number of benzene rings is 1. The van der Waals surface area contributed by atoms with E-state index in [1.165, 1.54) is 17.5 Å². The van der Waals surface area contributed by atoms with E-state index in [4.69, 9.17) is 5.73 Å². The molecular formula is C15H23N. The molecule has 16 heavy (non-hydrogen) atoms. The Morgan fingerprint density at radius 1 is 1.25 bits per heavy atom. The molecular weight excluding hydrogens is 194 g/mol. The molecule has 0 spiro atoms. The van der Waals surface area contributed by atoms with Gasteiger partial charge in [-0.2, -0.15) is 0 Å². The summed E-state index contributed by atoms with van der Waals surface area (Å²) in [6.07, 6.45) is 2.38. The minimum Gasteiger partial charge on any atom is -0.327 e. The lowest BCUT2D eigenvalue weighted by molar-refractivity contribution is 0.311. The Balaban J connectivity index is 1.94. The highest BCUT2D eigenvalue weighted by Gasteiger charge is 2.29. The molecule has 1 aromatic carbocycles. The Labute approximate surface area is 99.0 Å². The zero-order chi connectivity index (χ0) is 11.7. The van der Waals surface area contributed by atoms with Crippen molar-refractivity contribution < 1.29 is 0 Å². The van der Waals surface area contributed by atoms with Crippen LogP contribution in [0.4, 0.5) is 0 Å². The maximum absolute atomic E-state index is 6.29. The van der Waals surface area contributed by atoms with Gasteiger partial charge in [0.1, 0.15) is 0 Å². The van der Waals surface area contributed by atoms with Crippen molar-refractivity contribution in [2.24, 2.45) is 17.6 Å². The van der Waals surface area contributed by atoms with Crippen LogP contribution in [0.2, 0.25) is 0 Å². The molecule has 0 heterocycles. The Bertz CT molecular complexity index is 356. The van der Waals surface area contributed by atoms with Crippen molar-refractivity contribution in [1.82, 2.24) is 0 Å². The summed E-state index contributed by atoms with van der Waals surface area (Å²) in [4.78, 5) is 0. The van der Waals surface area contributed by atoms with Crippen LogP contribution >= 0.6 is 0 Å². The molecule has 0 saturated carbocycles. The van der Waals surface area contributed by atoms with Gasteiger partial charge in [0.25, 0.3) is 0 Å². The number of rotatable bonds is 4. The van der Waals surface area contributed by atoms with Gasteiger partial charge in [-0.15, -0.1) is 0 Å². The van der Waals surface area contributed by atoms with Crippen molar-refractivity contribution in [3.8, 4) is 0 Å². The lowest BCUT2D eigenvalue weighted by Gasteiger charge is -2.34. The molecule has 1 heteroatoms. The third kappa shape index (κ3) is 2.15. The Morgan fingerprint density at radius 3 is 2.56 bits per heavy atom. The second kappa shape index (κ2) is 4.58. The van der Waals surface area contributed by atoms with E-state index in [0.29, 0.717) is 23.8 Å². The Hall–Kier alpha value is -0.820. The first-order chi connectivity index (χ1) is 7.59. The number of hydrogen-bond acceptors (Lipinski definition) is 1. The second-order valence-electron chi connectivity index (χ2n) is 5.60. The molecule has 2 N–H and O–H groups in total. The number of fused-ring (bicyclic) bond motifs is 1. The fraction of sp³-hybridized carbons (Fsp3) is 0.600. The van der Waals surface area contributed by atoms with Gasteiger partial charge in [0.05, 0.1) is 0 Å². The van der Waals surface area contributed by atoms with Gasteiger partial charge < -0.3 is 5.73 Å². The van der Waals surface area contributed by atoms with E-state index in [9.17, 15) is 0 Å². The summed E-state index contributed by atoms with van der Waals surface area (Å²) in [5.41, 5.74) is 9.35. The van der Waals surface area contributed by atoms with Crippen LogP contribution in [0.15, 0.2) is 24.3 Å². The molecule has 2 rings (SSSR count). The van der Waals surface area contributed by atoms with Crippen molar-refractivity contribution >= 4 is 0 Å². The summed E-state index contributed by atoms with van der Waals surface area (Å²) in [5.74, 6) is 2.02. The van der Waals surface area contributed by atoms with Crippen LogP contribution in [0.3, 0.4) is 0 Å². The first kappa shape index (κ1) is 11.7. The van der Waals surface area contributed by atoms with Crippen LogP contribution < -0.4 is 5.73 Å². The highest BCUT2D eigenvalue weighted by atomic mass is 14.7. The molecule has 0 radical (unpaired) electrons. The Kier molecular flexibility index (Phi) is 3.34. The van der Waals surface area contributed by atoms with Crippen molar-refractivity contribution in [3.63, 3.8) is 0 Å². The molecule has 1 aliphatic carbocycles. The quantitative estimate of drug-likeness (QED) is 0.822. The third-order valence-electron chi connectivity index (χ3n) is 4.24. The zero-order valence-electron chi connectivity index (χ0n) is 10.6. The molecule has 0 saturated heterocycles. The summed E-state index contributed by atoms with van der Waals surface area (Å²) in [6.45, 7) is 6.80. The average molecular weight is 217 g/mol. The smallest absolute Gasteiger partial charge is 0.00729 e. The molecule has 88 valence electrons. The lowest BCUT2D eigenvalue weighted by Crippen LogP contribution is -2.35. The van der Waals surface area contributed by atoms with E-state index < -0.39 is 0 Å². The standard InChI is InChI=1S/C15H23N/c1-10(2)11(3)15(16)9-13-8-12-6-4-5-7-14(12)13/h4-7,10-11,13,15H,8-9,16H2,1-3H3. The van der Waals surface area contributed by atoms with Crippen LogP contribution in [0.1, 0.15) is 44.2 Å². The molecule has 0 bridgehead atoms. The first-order valence-electron chi connectivity index (χ1n) is 6.43. The molecule has 1 aromatic rings. The normalized spacial score (nSPS) is 22.4. The van der Waals surface area contributed by atoms with Gasteiger partial charge in [0.2, 0.25) is 0 Å². The molecule has 0 aromatic heterocycles. The van der Waals surface area contributed by atoms with Gasteiger partial charge in [0, 0.05) is 6.04 Å². The topological polar surface area (TPSA) is 26.0 Å². The predicted octanol–water partition coefficient (Wildman–Crippen LogP) is 3.34. The Morgan fingerprint density at radius 2 is 1.94 bits per heavy atom. The van der Waals surface area contributed by atoms with Gasteiger partial charge in [-0.05, 0) is 41.7 Å². The monoisotopic (exact) mass is 217 g/mol. The second-order valence-corrected chi connectivity index (χ2v) is 5.60. The molecule has 0 amide bonds. The van der Waals surface area contributed by atoms with Crippen LogP contribution in [0, 0.1) is 11.8 Å². The molecule has 3 unspecified atom stereocenters. The highest BCUT2D eigenvalue weighted by Crippen LogP contribution is 2.38. The molecule has 3 atom stereocenters. The SMILES string of the molecule is CC(C)C(C)C(N)CC1Cc2ccccc21. The van der Waals surface area contributed by atoms with Gasteiger partial charge in [-0.1, -0.05) is 45.0 Å². The zero-order valence-corrected chi connectivity index (χ0v) is 10.6. The maximum Gasteiger partial charge on any atom is 0.00729 e. The molecule has 1 nitrogen and oxygen atoms in total. The predicted molar refractivity (Wildman–Crippen MR) is 69.5 cm³/mol. The number of hydrogen-bond donors (Lipinski definition) is 1. The molecule has 1 aliphatic rings. The van der Waals surface area contributed by atoms with E-state index in [0.717, 1.165) is 6.42 Å². The number of nitrogens with two attached hydrogens (primary N) is 1. The van der Waals surface area contributed by atoms with Crippen molar-refractivity contribution in [2.45, 2.75) is 45.6 Å². The van der Waals surface area contributed by atoms with Gasteiger partial charge in [0.15, 0.2) is 0 Å². The van der Waals surface area contributed by atoms with E-state index in [1.807, 2.05) is 0 Å². The highest BCUT2D eigenvalue weighted by molar-refractivity contribution is 5.39. The average Bonchev–Trinajstić information content (AvgIpc) is 2.24. The minimum absolute atomic E-state index is 0.346. The molecule has 0 fully saturated rings. The third-order valence-corrected chi connectivity index (χ3v) is 4.24. The summed E-state index contributed by atoms with van der Waals surface area (Å²) in [7, 11) is 0. The first-order valence-corrected chi connectivity index (χ1v) is 6.43.